The van der Waals surface area contributed by atoms with Crippen LogP contribution in [0.2, 0.25) is 5.02 Å². The summed E-state index contributed by atoms with van der Waals surface area (Å²) in [6.07, 6.45) is 1.78. The first kappa shape index (κ1) is 14.4. The van der Waals surface area contributed by atoms with E-state index < -0.39 is 0 Å². The summed E-state index contributed by atoms with van der Waals surface area (Å²) in [4.78, 5) is 9.17. The van der Waals surface area contributed by atoms with Crippen LogP contribution in [-0.4, -0.2) is 14.5 Å². The molecule has 108 valence electrons. The Bertz CT molecular complexity index is 801. The first-order valence-corrected chi connectivity index (χ1v) is 7.55. The highest BCUT2D eigenvalue weighted by Gasteiger charge is 2.20. The molecule has 0 aliphatic rings. The number of para-hydroxylation sites is 1. The van der Waals surface area contributed by atoms with Gasteiger partial charge in [0.25, 0.3) is 0 Å². The lowest BCUT2D eigenvalue weighted by molar-refractivity contribution is 0.873. The van der Waals surface area contributed by atoms with Crippen molar-refractivity contribution in [3.63, 3.8) is 0 Å². The Labute approximate surface area is 133 Å². The fourth-order valence-corrected chi connectivity index (χ4v) is 2.96. The van der Waals surface area contributed by atoms with Gasteiger partial charge < -0.3 is 0 Å². The molecule has 0 saturated carbocycles. The number of alkyl halides is 1. The topological polar surface area (TPSA) is 30.7 Å². The first-order chi connectivity index (χ1) is 10.0. The number of fused-ring (bicyclic) bond motifs is 1. The molecule has 0 spiro atoms. The molecule has 0 saturated heterocycles. The van der Waals surface area contributed by atoms with E-state index in [-0.39, 0.29) is 5.38 Å². The van der Waals surface area contributed by atoms with E-state index in [2.05, 4.69) is 9.97 Å². The zero-order valence-corrected chi connectivity index (χ0v) is 13.6. The number of benzene rings is 1. The minimum Gasteiger partial charge on any atom is -0.278 e. The maximum atomic E-state index is 6.42. The normalized spacial score (nSPS) is 12.8. The largest absolute Gasteiger partial charge is 0.278 e. The van der Waals surface area contributed by atoms with Crippen molar-refractivity contribution < 1.29 is 0 Å². The van der Waals surface area contributed by atoms with E-state index in [0.717, 1.165) is 33.8 Å². The van der Waals surface area contributed by atoms with Crippen molar-refractivity contribution in [3.8, 4) is 5.69 Å². The maximum absolute atomic E-state index is 6.42. The molecule has 0 fully saturated rings. The molecule has 0 aliphatic carbocycles. The van der Waals surface area contributed by atoms with Crippen LogP contribution in [0.25, 0.3) is 16.9 Å². The van der Waals surface area contributed by atoms with Crippen LogP contribution in [0, 0.1) is 13.8 Å². The number of hydrogen-bond donors (Lipinski definition) is 0. The monoisotopic (exact) mass is 319 g/mol. The highest BCUT2D eigenvalue weighted by Crippen LogP contribution is 2.33. The molecule has 0 bridgehead atoms. The summed E-state index contributed by atoms with van der Waals surface area (Å²) in [6.45, 7) is 5.94. The van der Waals surface area contributed by atoms with Crippen LogP contribution in [0.5, 0.6) is 0 Å². The summed E-state index contributed by atoms with van der Waals surface area (Å²) in [6, 6.07) is 7.77. The third-order valence-electron chi connectivity index (χ3n) is 3.54. The second-order valence-electron chi connectivity index (χ2n) is 5.13. The van der Waals surface area contributed by atoms with Crippen LogP contribution in [-0.2, 0) is 0 Å². The van der Waals surface area contributed by atoms with Gasteiger partial charge in [-0.25, -0.2) is 9.97 Å². The van der Waals surface area contributed by atoms with Gasteiger partial charge in [-0.3, -0.25) is 4.57 Å². The highest BCUT2D eigenvalue weighted by atomic mass is 35.5. The average Bonchev–Trinajstić information content (AvgIpc) is 2.80. The second-order valence-corrected chi connectivity index (χ2v) is 6.19. The number of halogens is 2. The smallest absolute Gasteiger partial charge is 0.165 e. The number of pyridine rings is 1. The summed E-state index contributed by atoms with van der Waals surface area (Å²) < 4.78 is 1.97. The molecule has 2 aromatic heterocycles. The zero-order chi connectivity index (χ0) is 15.1. The lowest BCUT2D eigenvalue weighted by atomic mass is 10.2. The van der Waals surface area contributed by atoms with Crippen LogP contribution in [0.3, 0.4) is 0 Å². The third-order valence-corrected chi connectivity index (χ3v) is 4.04. The van der Waals surface area contributed by atoms with Crippen LogP contribution < -0.4 is 0 Å². The molecule has 1 aromatic carbocycles. The molecule has 21 heavy (non-hydrogen) atoms. The maximum Gasteiger partial charge on any atom is 0.165 e. The second kappa shape index (κ2) is 5.32. The van der Waals surface area contributed by atoms with Crippen molar-refractivity contribution in [1.29, 1.82) is 0 Å². The fourth-order valence-electron chi connectivity index (χ4n) is 2.50. The van der Waals surface area contributed by atoms with E-state index in [4.69, 9.17) is 23.2 Å². The van der Waals surface area contributed by atoms with Gasteiger partial charge in [0.05, 0.1) is 16.1 Å². The number of rotatable bonds is 2. The van der Waals surface area contributed by atoms with E-state index in [1.165, 1.54) is 0 Å². The van der Waals surface area contributed by atoms with Gasteiger partial charge in [-0.15, -0.1) is 11.6 Å². The standard InChI is InChI=1S/C16H15Cl2N3/c1-9-7-8-19-16-13(9)20-15(11(3)17)21(16)14-10(2)5-4-6-12(14)18/h4-8,11H,1-3H3. The molecule has 5 heteroatoms. The Balaban J connectivity index is 2.46. The molecule has 1 atom stereocenters. The van der Waals surface area contributed by atoms with Crippen LogP contribution in [0.1, 0.15) is 29.3 Å². The Morgan fingerprint density at radius 2 is 1.90 bits per heavy atom. The Morgan fingerprint density at radius 1 is 1.14 bits per heavy atom. The number of hydrogen-bond acceptors (Lipinski definition) is 2. The predicted octanol–water partition coefficient (Wildman–Crippen LogP) is 4.99. The van der Waals surface area contributed by atoms with Gasteiger partial charge in [-0.1, -0.05) is 23.7 Å². The number of aromatic nitrogens is 3. The van der Waals surface area contributed by atoms with Gasteiger partial charge in [-0.2, -0.15) is 0 Å². The summed E-state index contributed by atoms with van der Waals surface area (Å²) in [5.41, 5.74) is 4.67. The van der Waals surface area contributed by atoms with Gasteiger partial charge in [0.1, 0.15) is 11.3 Å². The third kappa shape index (κ3) is 2.30. The molecule has 3 nitrogen and oxygen atoms in total. The molecule has 0 amide bonds. The van der Waals surface area contributed by atoms with Gasteiger partial charge in [0.2, 0.25) is 0 Å². The summed E-state index contributed by atoms with van der Waals surface area (Å²) in [5, 5.41) is 0.422. The van der Waals surface area contributed by atoms with Crippen molar-refractivity contribution in [2.75, 3.05) is 0 Å². The minimum absolute atomic E-state index is 0.241. The molecular weight excluding hydrogens is 305 g/mol. The molecular formula is C16H15Cl2N3. The average molecular weight is 320 g/mol. The molecule has 0 radical (unpaired) electrons. The summed E-state index contributed by atoms with van der Waals surface area (Å²) >= 11 is 12.8. The summed E-state index contributed by atoms with van der Waals surface area (Å²) in [5.74, 6) is 0.754. The Morgan fingerprint density at radius 3 is 2.57 bits per heavy atom. The van der Waals surface area contributed by atoms with Gasteiger partial charge in [0.15, 0.2) is 5.65 Å². The van der Waals surface area contributed by atoms with Crippen LogP contribution >= 0.6 is 23.2 Å². The van der Waals surface area contributed by atoms with Gasteiger partial charge in [-0.05, 0) is 44.0 Å². The van der Waals surface area contributed by atoms with E-state index in [1.807, 2.05) is 49.6 Å². The van der Waals surface area contributed by atoms with E-state index in [9.17, 15) is 0 Å². The lowest BCUT2D eigenvalue weighted by Crippen LogP contribution is -2.05. The minimum atomic E-state index is -0.241. The lowest BCUT2D eigenvalue weighted by Gasteiger charge is -2.14. The van der Waals surface area contributed by atoms with Crippen molar-refractivity contribution in [2.45, 2.75) is 26.1 Å². The van der Waals surface area contributed by atoms with Gasteiger partial charge >= 0.3 is 0 Å². The van der Waals surface area contributed by atoms with Crippen molar-refractivity contribution in [1.82, 2.24) is 14.5 Å². The number of aryl methyl sites for hydroxylation is 2. The van der Waals surface area contributed by atoms with Crippen molar-refractivity contribution in [2.24, 2.45) is 0 Å². The van der Waals surface area contributed by atoms with E-state index in [1.54, 1.807) is 6.20 Å². The molecule has 0 N–H and O–H groups in total. The van der Waals surface area contributed by atoms with E-state index in [0.29, 0.717) is 5.02 Å². The summed E-state index contributed by atoms with van der Waals surface area (Å²) in [7, 11) is 0. The molecule has 0 aliphatic heterocycles. The molecule has 2 heterocycles. The number of imidazole rings is 1. The zero-order valence-electron chi connectivity index (χ0n) is 12.1. The number of nitrogens with zero attached hydrogens (tertiary/aromatic N) is 3. The van der Waals surface area contributed by atoms with Crippen molar-refractivity contribution >= 4 is 34.4 Å². The first-order valence-electron chi connectivity index (χ1n) is 6.74. The molecule has 1 unspecified atom stereocenters. The highest BCUT2D eigenvalue weighted by molar-refractivity contribution is 6.32. The SMILES string of the molecule is Cc1cccc(Cl)c1-n1c(C(C)Cl)nc2c(C)ccnc21. The van der Waals surface area contributed by atoms with Crippen molar-refractivity contribution in [3.05, 3.63) is 52.4 Å². The van der Waals surface area contributed by atoms with E-state index >= 15 is 0 Å². The predicted molar refractivity (Wildman–Crippen MR) is 87.6 cm³/mol. The molecule has 3 rings (SSSR count). The quantitative estimate of drug-likeness (QED) is 0.623. The Kier molecular flexibility index (Phi) is 3.64. The van der Waals surface area contributed by atoms with Crippen LogP contribution in [0.15, 0.2) is 30.5 Å². The Hall–Kier alpha value is -1.58. The molecule has 3 aromatic rings. The fraction of sp³-hybridized carbons (Fsp3) is 0.250. The van der Waals surface area contributed by atoms with Crippen LogP contribution in [0.4, 0.5) is 0 Å². The van der Waals surface area contributed by atoms with Gasteiger partial charge in [0, 0.05) is 6.20 Å².